The molecule has 0 aliphatic heterocycles. The summed E-state index contributed by atoms with van der Waals surface area (Å²) in [6.07, 6.45) is 0. The number of benzene rings is 1. The molecule has 0 saturated carbocycles. The van der Waals surface area contributed by atoms with Crippen LogP contribution in [-0.4, -0.2) is 38.1 Å². The van der Waals surface area contributed by atoms with E-state index in [0.717, 1.165) is 0 Å². The number of hydrogen-bond donors (Lipinski definition) is 1. The topological polar surface area (TPSA) is 49.4 Å². The van der Waals surface area contributed by atoms with E-state index in [2.05, 4.69) is 36.8 Å². The van der Waals surface area contributed by atoms with Crippen molar-refractivity contribution in [3.63, 3.8) is 0 Å². The average Bonchev–Trinajstić information content (AvgIpc) is 2.37. The Morgan fingerprint density at radius 3 is 2.45 bits per heavy atom. The minimum atomic E-state index is -3.36. The summed E-state index contributed by atoms with van der Waals surface area (Å²) in [5.74, 6) is 0.716. The van der Waals surface area contributed by atoms with Gasteiger partial charge in [-0.1, -0.05) is 6.07 Å². The van der Waals surface area contributed by atoms with Gasteiger partial charge in [-0.2, -0.15) is 12.7 Å². The Bertz CT molecular complexity index is 542. The Kier molecular flexibility index (Phi) is 6.51. The third-order valence-corrected chi connectivity index (χ3v) is 5.98. The minimum absolute atomic E-state index is 0.0418. The Labute approximate surface area is 127 Å². The molecule has 0 spiro atoms. The van der Waals surface area contributed by atoms with E-state index in [1.807, 2.05) is 13.8 Å². The van der Waals surface area contributed by atoms with Crippen LogP contribution in [0.3, 0.4) is 0 Å². The third-order valence-electron chi connectivity index (χ3n) is 3.24. The second-order valence-electron chi connectivity index (χ2n) is 5.10. The molecule has 20 heavy (non-hydrogen) atoms. The van der Waals surface area contributed by atoms with E-state index in [4.69, 9.17) is 0 Å². The van der Waals surface area contributed by atoms with E-state index in [1.165, 1.54) is 20.3 Å². The Hall–Kier alpha value is -0.560. The average molecular weight is 316 g/mol. The molecule has 0 heterocycles. The number of aryl methyl sites for hydroxylation is 2. The van der Waals surface area contributed by atoms with Crippen molar-refractivity contribution in [1.82, 2.24) is 9.03 Å². The van der Waals surface area contributed by atoms with Crippen molar-refractivity contribution in [2.75, 3.05) is 19.3 Å². The van der Waals surface area contributed by atoms with E-state index in [0.29, 0.717) is 12.3 Å². The summed E-state index contributed by atoms with van der Waals surface area (Å²) >= 11 is 1.66. The maximum Gasteiger partial charge on any atom is 0.279 e. The summed E-state index contributed by atoms with van der Waals surface area (Å²) in [7, 11) is -1.77. The van der Waals surface area contributed by atoms with Crippen LogP contribution >= 0.6 is 11.8 Å². The summed E-state index contributed by atoms with van der Waals surface area (Å²) in [5, 5.41) is 0. The van der Waals surface area contributed by atoms with Crippen LogP contribution < -0.4 is 4.72 Å². The van der Waals surface area contributed by atoms with Gasteiger partial charge in [0, 0.05) is 30.3 Å². The third kappa shape index (κ3) is 5.09. The molecule has 1 rings (SSSR count). The molecule has 6 heteroatoms. The zero-order valence-corrected chi connectivity index (χ0v) is 14.4. The van der Waals surface area contributed by atoms with Crippen molar-refractivity contribution in [3.05, 3.63) is 29.3 Å². The van der Waals surface area contributed by atoms with Crippen molar-refractivity contribution in [2.45, 2.75) is 38.6 Å². The molecule has 1 N–H and O–H groups in total. The first-order chi connectivity index (χ1) is 9.24. The normalized spacial score (nSPS) is 12.3. The van der Waals surface area contributed by atoms with Crippen LogP contribution in [0.1, 0.15) is 25.0 Å². The van der Waals surface area contributed by atoms with Crippen LogP contribution in [0.5, 0.6) is 0 Å². The van der Waals surface area contributed by atoms with Gasteiger partial charge in [-0.3, -0.25) is 0 Å². The first kappa shape index (κ1) is 17.5. The highest BCUT2D eigenvalue weighted by molar-refractivity contribution is 7.99. The summed E-state index contributed by atoms with van der Waals surface area (Å²) in [6, 6.07) is 6.25. The summed E-state index contributed by atoms with van der Waals surface area (Å²) in [6.45, 7) is 8.29. The predicted octanol–water partition coefficient (Wildman–Crippen LogP) is 2.57. The number of thioether (sulfide) groups is 1. The lowest BCUT2D eigenvalue weighted by Crippen LogP contribution is -2.42. The molecular weight excluding hydrogens is 292 g/mol. The van der Waals surface area contributed by atoms with Crippen LogP contribution in [0.15, 0.2) is 23.1 Å². The second-order valence-corrected chi connectivity index (χ2v) is 8.09. The summed E-state index contributed by atoms with van der Waals surface area (Å²) in [4.78, 5) is 1.17. The zero-order valence-electron chi connectivity index (χ0n) is 12.8. The standard InChI is InChI=1S/C14H24N2O2S2/c1-11(2)16(5)20(17,18)15-8-9-19-14-7-6-12(3)13(4)10-14/h6-7,10-11,15H,8-9H2,1-5H3. The molecule has 1 aromatic carbocycles. The lowest BCUT2D eigenvalue weighted by atomic mass is 10.1. The highest BCUT2D eigenvalue weighted by atomic mass is 32.2. The molecule has 114 valence electrons. The summed E-state index contributed by atoms with van der Waals surface area (Å²) in [5.41, 5.74) is 2.53. The molecule has 0 amide bonds. The Morgan fingerprint density at radius 2 is 1.90 bits per heavy atom. The van der Waals surface area contributed by atoms with Crippen molar-refractivity contribution in [1.29, 1.82) is 0 Å². The van der Waals surface area contributed by atoms with Gasteiger partial charge in [0.05, 0.1) is 0 Å². The van der Waals surface area contributed by atoms with E-state index < -0.39 is 10.2 Å². The van der Waals surface area contributed by atoms with Gasteiger partial charge >= 0.3 is 0 Å². The number of rotatable bonds is 7. The Balaban J connectivity index is 2.44. The quantitative estimate of drug-likeness (QED) is 0.621. The smallest absolute Gasteiger partial charge is 0.201 e. The van der Waals surface area contributed by atoms with Crippen molar-refractivity contribution < 1.29 is 8.42 Å². The van der Waals surface area contributed by atoms with Gasteiger partial charge in [-0.15, -0.1) is 11.8 Å². The van der Waals surface area contributed by atoms with Crippen molar-refractivity contribution >= 4 is 22.0 Å². The molecule has 0 unspecified atom stereocenters. The SMILES string of the molecule is Cc1ccc(SCCNS(=O)(=O)N(C)C(C)C)cc1C. The minimum Gasteiger partial charge on any atom is -0.201 e. The maximum atomic E-state index is 11.9. The number of nitrogens with zero attached hydrogens (tertiary/aromatic N) is 1. The maximum absolute atomic E-state index is 11.9. The molecule has 1 aromatic rings. The molecule has 0 fully saturated rings. The van der Waals surface area contributed by atoms with Gasteiger partial charge in [0.15, 0.2) is 0 Å². The lowest BCUT2D eigenvalue weighted by molar-refractivity contribution is 0.403. The van der Waals surface area contributed by atoms with Crippen molar-refractivity contribution in [2.24, 2.45) is 0 Å². The van der Waals surface area contributed by atoms with Crippen LogP contribution in [0.4, 0.5) is 0 Å². The van der Waals surface area contributed by atoms with E-state index in [1.54, 1.807) is 18.8 Å². The van der Waals surface area contributed by atoms with E-state index in [-0.39, 0.29) is 6.04 Å². The van der Waals surface area contributed by atoms with Gasteiger partial charge < -0.3 is 0 Å². The van der Waals surface area contributed by atoms with Crippen LogP contribution in [-0.2, 0) is 10.2 Å². The van der Waals surface area contributed by atoms with Crippen LogP contribution in [0.2, 0.25) is 0 Å². The van der Waals surface area contributed by atoms with Gasteiger partial charge in [0.1, 0.15) is 0 Å². The number of nitrogens with one attached hydrogen (secondary N) is 1. The zero-order chi connectivity index (χ0) is 15.3. The first-order valence-corrected chi connectivity index (χ1v) is 9.09. The molecule has 0 atom stereocenters. The molecule has 0 aliphatic carbocycles. The van der Waals surface area contributed by atoms with Gasteiger partial charge in [-0.25, -0.2) is 4.72 Å². The highest BCUT2D eigenvalue weighted by Crippen LogP contribution is 2.20. The first-order valence-electron chi connectivity index (χ1n) is 6.66. The Morgan fingerprint density at radius 1 is 1.25 bits per heavy atom. The molecule has 0 radical (unpaired) electrons. The fourth-order valence-corrected chi connectivity index (χ4v) is 3.63. The largest absolute Gasteiger partial charge is 0.279 e. The van der Waals surface area contributed by atoms with E-state index in [9.17, 15) is 8.42 Å². The van der Waals surface area contributed by atoms with Gasteiger partial charge in [-0.05, 0) is 51.0 Å². The van der Waals surface area contributed by atoms with Crippen LogP contribution in [0.25, 0.3) is 0 Å². The summed E-state index contributed by atoms with van der Waals surface area (Å²) < 4.78 is 27.7. The molecule has 4 nitrogen and oxygen atoms in total. The fraction of sp³-hybridized carbons (Fsp3) is 0.571. The molecule has 0 bridgehead atoms. The van der Waals surface area contributed by atoms with Gasteiger partial charge in [0.2, 0.25) is 0 Å². The molecular formula is C14H24N2O2S2. The predicted molar refractivity (Wildman–Crippen MR) is 86.5 cm³/mol. The van der Waals surface area contributed by atoms with E-state index >= 15 is 0 Å². The lowest BCUT2D eigenvalue weighted by Gasteiger charge is -2.21. The molecule has 0 aliphatic rings. The molecule has 0 saturated heterocycles. The van der Waals surface area contributed by atoms with Crippen LogP contribution in [0, 0.1) is 13.8 Å². The second kappa shape index (κ2) is 7.45. The monoisotopic (exact) mass is 316 g/mol. The highest BCUT2D eigenvalue weighted by Gasteiger charge is 2.19. The van der Waals surface area contributed by atoms with Crippen molar-refractivity contribution in [3.8, 4) is 0 Å². The van der Waals surface area contributed by atoms with Gasteiger partial charge in [0.25, 0.3) is 10.2 Å². The fourth-order valence-electron chi connectivity index (χ4n) is 1.52. The number of hydrogen-bond acceptors (Lipinski definition) is 3. The molecule has 0 aromatic heterocycles.